The molecule has 16 heavy (non-hydrogen) atoms. The number of phenols is 1. The monoisotopic (exact) mass is 236 g/mol. The molecule has 2 rings (SSSR count). The molecule has 2 aromatic carbocycles. The second-order valence-electron chi connectivity index (χ2n) is 3.72. The van der Waals surface area contributed by atoms with Gasteiger partial charge in [-0.1, -0.05) is 24.3 Å². The lowest BCUT2D eigenvalue weighted by Crippen LogP contribution is -2.07. The van der Waals surface area contributed by atoms with Crippen LogP contribution in [0, 0.1) is 0 Å². The Morgan fingerprint density at radius 3 is 2.56 bits per heavy atom. The van der Waals surface area contributed by atoms with Gasteiger partial charge in [0.15, 0.2) is 0 Å². The fourth-order valence-electron chi connectivity index (χ4n) is 1.59. The van der Waals surface area contributed by atoms with Gasteiger partial charge in [-0.2, -0.15) is 0 Å². The number of aromatic hydroxyl groups is 1. The minimum atomic E-state index is -0.0347. The number of halogens is 1. The number of benzene rings is 2. The van der Waals surface area contributed by atoms with E-state index in [-0.39, 0.29) is 11.1 Å². The number of phenolic OH excluding ortho intramolecular Hbond substituents is 1. The Bertz CT molecular complexity index is 494. The van der Waals surface area contributed by atoms with Crippen molar-refractivity contribution in [3.05, 3.63) is 36.4 Å². The maximum Gasteiger partial charge on any atom is 0.127 e. The maximum atomic E-state index is 9.69. The number of rotatable bonds is 3. The van der Waals surface area contributed by atoms with Crippen molar-refractivity contribution in [1.29, 1.82) is 0 Å². The van der Waals surface area contributed by atoms with E-state index < -0.39 is 0 Å². The molecule has 0 saturated heterocycles. The lowest BCUT2D eigenvalue weighted by Gasteiger charge is -2.11. The van der Waals surface area contributed by atoms with Crippen LogP contribution in [0.3, 0.4) is 0 Å². The molecule has 2 nitrogen and oxygen atoms in total. The SMILES string of the molecule is CC(Cl)COc1ccc(O)c2ccccc12. The zero-order chi connectivity index (χ0) is 11.5. The molecule has 1 atom stereocenters. The van der Waals surface area contributed by atoms with Crippen LogP contribution in [0.1, 0.15) is 6.92 Å². The first kappa shape index (κ1) is 11.1. The molecule has 84 valence electrons. The predicted molar refractivity (Wildman–Crippen MR) is 66.4 cm³/mol. The summed E-state index contributed by atoms with van der Waals surface area (Å²) in [5.74, 6) is 1.02. The topological polar surface area (TPSA) is 29.5 Å². The summed E-state index contributed by atoms with van der Waals surface area (Å²) in [6, 6.07) is 11.0. The van der Waals surface area contributed by atoms with Gasteiger partial charge in [0, 0.05) is 10.8 Å². The Kier molecular flexibility index (Phi) is 3.20. The Balaban J connectivity index is 2.42. The third kappa shape index (κ3) is 2.22. The molecule has 2 aromatic rings. The normalized spacial score (nSPS) is 12.6. The average Bonchev–Trinajstić information content (AvgIpc) is 2.28. The molecule has 0 saturated carbocycles. The Hall–Kier alpha value is -1.41. The van der Waals surface area contributed by atoms with Gasteiger partial charge in [-0.25, -0.2) is 0 Å². The molecule has 0 fully saturated rings. The van der Waals surface area contributed by atoms with E-state index in [2.05, 4.69) is 0 Å². The summed E-state index contributed by atoms with van der Waals surface area (Å²) in [5.41, 5.74) is 0. The molecule has 0 aromatic heterocycles. The fourth-order valence-corrected chi connectivity index (χ4v) is 1.65. The van der Waals surface area contributed by atoms with Gasteiger partial charge in [0.05, 0.1) is 5.38 Å². The first-order valence-electron chi connectivity index (χ1n) is 5.16. The van der Waals surface area contributed by atoms with Gasteiger partial charge in [-0.3, -0.25) is 0 Å². The smallest absolute Gasteiger partial charge is 0.127 e. The van der Waals surface area contributed by atoms with E-state index in [1.54, 1.807) is 12.1 Å². The summed E-state index contributed by atoms with van der Waals surface area (Å²) in [5, 5.41) is 11.4. The molecule has 3 heteroatoms. The highest BCUT2D eigenvalue weighted by Crippen LogP contribution is 2.32. The molecule has 0 amide bonds. The summed E-state index contributed by atoms with van der Waals surface area (Å²) >= 11 is 5.84. The van der Waals surface area contributed by atoms with Crippen LogP contribution in [-0.4, -0.2) is 17.1 Å². The van der Waals surface area contributed by atoms with E-state index in [9.17, 15) is 5.11 Å². The van der Waals surface area contributed by atoms with Gasteiger partial charge >= 0.3 is 0 Å². The Labute approximate surface area is 99.4 Å². The fraction of sp³-hybridized carbons (Fsp3) is 0.231. The summed E-state index contributed by atoms with van der Waals surface area (Å²) in [6.07, 6.45) is 0. The minimum absolute atomic E-state index is 0.0347. The summed E-state index contributed by atoms with van der Waals surface area (Å²) < 4.78 is 5.59. The molecule has 0 aliphatic heterocycles. The largest absolute Gasteiger partial charge is 0.507 e. The second-order valence-corrected chi connectivity index (χ2v) is 4.47. The third-order valence-corrected chi connectivity index (χ3v) is 2.46. The first-order valence-corrected chi connectivity index (χ1v) is 5.59. The molecule has 0 heterocycles. The van der Waals surface area contributed by atoms with Crippen molar-refractivity contribution in [1.82, 2.24) is 0 Å². The molecule has 1 unspecified atom stereocenters. The highest BCUT2D eigenvalue weighted by molar-refractivity contribution is 6.20. The second kappa shape index (κ2) is 4.62. The van der Waals surface area contributed by atoms with E-state index in [0.717, 1.165) is 16.5 Å². The molecule has 0 spiro atoms. The lowest BCUT2D eigenvalue weighted by molar-refractivity contribution is 0.323. The molecular weight excluding hydrogens is 224 g/mol. The summed E-state index contributed by atoms with van der Waals surface area (Å²) in [6.45, 7) is 2.33. The maximum absolute atomic E-state index is 9.69. The Morgan fingerprint density at radius 2 is 1.88 bits per heavy atom. The van der Waals surface area contributed by atoms with E-state index in [1.807, 2.05) is 31.2 Å². The van der Waals surface area contributed by atoms with Crippen molar-refractivity contribution >= 4 is 22.4 Å². The van der Waals surface area contributed by atoms with Crippen molar-refractivity contribution in [3.63, 3.8) is 0 Å². The number of fused-ring (bicyclic) bond motifs is 1. The molecule has 1 N–H and O–H groups in total. The first-order chi connectivity index (χ1) is 7.68. The number of ether oxygens (including phenoxy) is 1. The zero-order valence-electron chi connectivity index (χ0n) is 8.98. The van der Waals surface area contributed by atoms with Gasteiger partial charge < -0.3 is 9.84 Å². The van der Waals surface area contributed by atoms with E-state index in [4.69, 9.17) is 16.3 Å². The van der Waals surface area contributed by atoms with Crippen LogP contribution in [0.5, 0.6) is 11.5 Å². The standard InChI is InChI=1S/C13H13ClO2/c1-9(14)8-16-13-7-6-12(15)10-4-2-3-5-11(10)13/h2-7,9,15H,8H2,1H3. The quantitative estimate of drug-likeness (QED) is 0.826. The van der Waals surface area contributed by atoms with Crippen molar-refractivity contribution in [2.45, 2.75) is 12.3 Å². The number of hydrogen-bond acceptors (Lipinski definition) is 2. The van der Waals surface area contributed by atoms with Gasteiger partial charge in [0.1, 0.15) is 18.1 Å². The van der Waals surface area contributed by atoms with Gasteiger partial charge in [0.2, 0.25) is 0 Å². The molecule has 0 radical (unpaired) electrons. The van der Waals surface area contributed by atoms with E-state index in [0.29, 0.717) is 6.61 Å². The lowest BCUT2D eigenvalue weighted by atomic mass is 10.1. The van der Waals surface area contributed by atoms with E-state index in [1.165, 1.54) is 0 Å². The molecule has 0 aliphatic rings. The summed E-state index contributed by atoms with van der Waals surface area (Å²) in [7, 11) is 0. The number of alkyl halides is 1. The molecular formula is C13H13ClO2. The van der Waals surface area contributed by atoms with Gasteiger partial charge in [0.25, 0.3) is 0 Å². The van der Waals surface area contributed by atoms with Gasteiger partial charge in [-0.05, 0) is 19.1 Å². The zero-order valence-corrected chi connectivity index (χ0v) is 9.74. The van der Waals surface area contributed by atoms with Crippen molar-refractivity contribution < 1.29 is 9.84 Å². The highest BCUT2D eigenvalue weighted by atomic mass is 35.5. The van der Waals surface area contributed by atoms with Crippen LogP contribution in [0.25, 0.3) is 10.8 Å². The Morgan fingerprint density at radius 1 is 1.19 bits per heavy atom. The molecule has 0 aliphatic carbocycles. The van der Waals surface area contributed by atoms with Crippen molar-refractivity contribution in [3.8, 4) is 11.5 Å². The third-order valence-electron chi connectivity index (χ3n) is 2.33. The number of hydrogen-bond donors (Lipinski definition) is 1. The van der Waals surface area contributed by atoms with Crippen molar-refractivity contribution in [2.75, 3.05) is 6.61 Å². The van der Waals surface area contributed by atoms with Gasteiger partial charge in [-0.15, -0.1) is 11.6 Å². The summed E-state index contributed by atoms with van der Waals surface area (Å²) in [4.78, 5) is 0. The van der Waals surface area contributed by atoms with Crippen LogP contribution >= 0.6 is 11.6 Å². The van der Waals surface area contributed by atoms with Crippen LogP contribution in [0.4, 0.5) is 0 Å². The highest BCUT2D eigenvalue weighted by Gasteiger charge is 2.06. The van der Waals surface area contributed by atoms with Crippen LogP contribution < -0.4 is 4.74 Å². The van der Waals surface area contributed by atoms with E-state index >= 15 is 0 Å². The van der Waals surface area contributed by atoms with Crippen LogP contribution in [-0.2, 0) is 0 Å². The molecule has 0 bridgehead atoms. The predicted octanol–water partition coefficient (Wildman–Crippen LogP) is 3.55. The minimum Gasteiger partial charge on any atom is -0.507 e. The van der Waals surface area contributed by atoms with Crippen LogP contribution in [0.2, 0.25) is 0 Å². The van der Waals surface area contributed by atoms with Crippen molar-refractivity contribution in [2.24, 2.45) is 0 Å². The van der Waals surface area contributed by atoms with Crippen LogP contribution in [0.15, 0.2) is 36.4 Å². The average molecular weight is 237 g/mol.